The van der Waals surface area contributed by atoms with Gasteiger partial charge in [0.05, 0.1) is 20.3 Å². The van der Waals surface area contributed by atoms with E-state index in [9.17, 15) is 14.4 Å². The minimum atomic E-state index is -0.566. The average molecular weight is 444 g/mol. The van der Waals surface area contributed by atoms with Gasteiger partial charge in [0.25, 0.3) is 0 Å². The summed E-state index contributed by atoms with van der Waals surface area (Å²) in [6.07, 6.45) is -1.60. The van der Waals surface area contributed by atoms with Gasteiger partial charge in [-0.3, -0.25) is 0 Å². The molecule has 0 bridgehead atoms. The Hall–Kier alpha value is -3.75. The number of carbonyl (C=O) groups excluding carboxylic acids is 3. The Labute approximate surface area is 187 Å². The van der Waals surface area contributed by atoms with E-state index in [1.807, 2.05) is 61.5 Å². The van der Waals surface area contributed by atoms with Gasteiger partial charge in [0.15, 0.2) is 0 Å². The highest BCUT2D eigenvalue weighted by Gasteiger charge is 2.10. The summed E-state index contributed by atoms with van der Waals surface area (Å²) in [6, 6.07) is 16.9. The molecule has 9 heteroatoms. The number of methoxy groups -OCH3 is 1. The van der Waals surface area contributed by atoms with Gasteiger partial charge in [0, 0.05) is 25.6 Å². The number of carbonyl (C=O) groups is 3. The maximum atomic E-state index is 11.9. The van der Waals surface area contributed by atoms with Gasteiger partial charge in [0.1, 0.15) is 0 Å². The minimum Gasteiger partial charge on any atom is -0.453 e. The first-order chi connectivity index (χ1) is 15.5. The third kappa shape index (κ3) is 9.84. The Morgan fingerprint density at radius 1 is 0.719 bits per heavy atom. The van der Waals surface area contributed by atoms with Gasteiger partial charge in [-0.1, -0.05) is 61.5 Å². The molecule has 0 aliphatic carbocycles. The van der Waals surface area contributed by atoms with Crippen molar-refractivity contribution >= 4 is 18.3 Å². The third-order valence-electron chi connectivity index (χ3n) is 4.33. The number of ether oxygens (including phenoxy) is 3. The number of hydrogen-bond donors (Lipinski definition) is 3. The van der Waals surface area contributed by atoms with Crippen LogP contribution in [0.1, 0.15) is 23.6 Å². The van der Waals surface area contributed by atoms with Crippen molar-refractivity contribution in [1.82, 2.24) is 16.0 Å². The Balaban J connectivity index is 1.61. The third-order valence-corrected chi connectivity index (χ3v) is 4.33. The normalized spacial score (nSPS) is 11.1. The SMILES string of the molecule is COC(=O)NCc1cccc(CNC(=O)OCC(C)COC(=O)NCc2ccccc2)c1. The molecule has 2 aromatic carbocycles. The number of nitrogens with one attached hydrogen (secondary N) is 3. The van der Waals surface area contributed by atoms with E-state index in [0.29, 0.717) is 13.1 Å². The van der Waals surface area contributed by atoms with Crippen LogP contribution in [0.3, 0.4) is 0 Å². The van der Waals surface area contributed by atoms with Crippen LogP contribution in [0.15, 0.2) is 54.6 Å². The lowest BCUT2D eigenvalue weighted by Gasteiger charge is -2.14. The monoisotopic (exact) mass is 443 g/mol. The van der Waals surface area contributed by atoms with Crippen molar-refractivity contribution in [3.8, 4) is 0 Å². The smallest absolute Gasteiger partial charge is 0.407 e. The van der Waals surface area contributed by atoms with E-state index in [2.05, 4.69) is 20.7 Å². The van der Waals surface area contributed by atoms with Gasteiger partial charge in [-0.15, -0.1) is 0 Å². The van der Waals surface area contributed by atoms with Crippen LogP contribution in [0.5, 0.6) is 0 Å². The second-order valence-corrected chi connectivity index (χ2v) is 7.16. The summed E-state index contributed by atoms with van der Waals surface area (Å²) in [5.74, 6) is -0.157. The minimum absolute atomic E-state index is 0.112. The van der Waals surface area contributed by atoms with Crippen LogP contribution in [0.25, 0.3) is 0 Å². The summed E-state index contributed by atoms with van der Waals surface area (Å²) in [6.45, 7) is 3.03. The molecular formula is C23H29N3O6. The Bertz CT molecular complexity index is 875. The molecule has 0 spiro atoms. The molecule has 2 aromatic rings. The summed E-state index contributed by atoms with van der Waals surface area (Å²) >= 11 is 0. The molecule has 9 nitrogen and oxygen atoms in total. The summed E-state index contributed by atoms with van der Waals surface area (Å²) in [5.41, 5.74) is 2.71. The summed E-state index contributed by atoms with van der Waals surface area (Å²) in [5, 5.41) is 7.93. The molecule has 0 radical (unpaired) electrons. The van der Waals surface area contributed by atoms with E-state index in [0.717, 1.165) is 16.7 Å². The lowest BCUT2D eigenvalue weighted by molar-refractivity contribution is 0.0909. The van der Waals surface area contributed by atoms with E-state index >= 15 is 0 Å². The van der Waals surface area contributed by atoms with Gasteiger partial charge < -0.3 is 30.2 Å². The summed E-state index contributed by atoms with van der Waals surface area (Å²) in [4.78, 5) is 34.8. The summed E-state index contributed by atoms with van der Waals surface area (Å²) in [7, 11) is 1.30. The van der Waals surface area contributed by atoms with Crippen molar-refractivity contribution < 1.29 is 28.6 Å². The Morgan fingerprint density at radius 3 is 1.72 bits per heavy atom. The molecule has 0 heterocycles. The maximum Gasteiger partial charge on any atom is 0.407 e. The second-order valence-electron chi connectivity index (χ2n) is 7.16. The molecule has 0 aliphatic rings. The zero-order valence-electron chi connectivity index (χ0n) is 18.3. The summed E-state index contributed by atoms with van der Waals surface area (Å²) < 4.78 is 14.9. The number of benzene rings is 2. The van der Waals surface area contributed by atoms with Gasteiger partial charge >= 0.3 is 18.3 Å². The first kappa shape index (κ1) is 24.5. The highest BCUT2D eigenvalue weighted by atomic mass is 16.6. The van der Waals surface area contributed by atoms with Gasteiger partial charge in [-0.2, -0.15) is 0 Å². The molecular weight excluding hydrogens is 414 g/mol. The van der Waals surface area contributed by atoms with Crippen molar-refractivity contribution in [3.05, 3.63) is 71.3 Å². The lowest BCUT2D eigenvalue weighted by Crippen LogP contribution is -2.29. The molecule has 0 aromatic heterocycles. The van der Waals surface area contributed by atoms with E-state index in [1.54, 1.807) is 0 Å². The second kappa shape index (κ2) is 13.5. The van der Waals surface area contributed by atoms with E-state index in [1.165, 1.54) is 7.11 Å². The van der Waals surface area contributed by atoms with Crippen LogP contribution in [-0.2, 0) is 33.8 Å². The van der Waals surface area contributed by atoms with Gasteiger partial charge in [0.2, 0.25) is 0 Å². The van der Waals surface area contributed by atoms with E-state index in [4.69, 9.17) is 9.47 Å². The molecule has 3 N–H and O–H groups in total. The average Bonchev–Trinajstić information content (AvgIpc) is 2.83. The molecule has 0 saturated carbocycles. The predicted octanol–water partition coefficient (Wildman–Crippen LogP) is 3.33. The molecule has 0 aliphatic heterocycles. The van der Waals surface area contributed by atoms with Crippen LogP contribution in [0, 0.1) is 5.92 Å². The fraction of sp³-hybridized carbons (Fsp3) is 0.348. The molecule has 1 atom stereocenters. The van der Waals surface area contributed by atoms with E-state index < -0.39 is 18.3 Å². The Morgan fingerprint density at radius 2 is 1.19 bits per heavy atom. The van der Waals surface area contributed by atoms with Crippen LogP contribution < -0.4 is 16.0 Å². The number of amides is 3. The zero-order valence-corrected chi connectivity index (χ0v) is 18.3. The molecule has 3 amide bonds. The molecule has 0 fully saturated rings. The molecule has 172 valence electrons. The highest BCUT2D eigenvalue weighted by molar-refractivity contribution is 5.68. The predicted molar refractivity (Wildman–Crippen MR) is 118 cm³/mol. The topological polar surface area (TPSA) is 115 Å². The zero-order chi connectivity index (χ0) is 23.2. The fourth-order valence-corrected chi connectivity index (χ4v) is 2.63. The standard InChI is InChI=1S/C23H29N3O6/c1-17(15-31-22(28)25-12-18-7-4-3-5-8-18)16-32-23(29)26-14-20-10-6-9-19(11-20)13-24-21(27)30-2/h3-11,17H,12-16H2,1-2H3,(H,24,27)(H,25,28)(H,26,29). The number of rotatable bonds is 10. The number of hydrogen-bond acceptors (Lipinski definition) is 6. The van der Waals surface area contributed by atoms with E-state index in [-0.39, 0.29) is 25.7 Å². The largest absolute Gasteiger partial charge is 0.453 e. The van der Waals surface area contributed by atoms with Crippen molar-refractivity contribution in [2.45, 2.75) is 26.6 Å². The van der Waals surface area contributed by atoms with Crippen LogP contribution >= 0.6 is 0 Å². The van der Waals surface area contributed by atoms with Crippen molar-refractivity contribution in [1.29, 1.82) is 0 Å². The number of alkyl carbamates (subject to hydrolysis) is 3. The van der Waals surface area contributed by atoms with Crippen LogP contribution in [-0.4, -0.2) is 38.6 Å². The van der Waals surface area contributed by atoms with Crippen molar-refractivity contribution in [2.24, 2.45) is 5.92 Å². The highest BCUT2D eigenvalue weighted by Crippen LogP contribution is 2.06. The molecule has 0 saturated heterocycles. The van der Waals surface area contributed by atoms with Crippen molar-refractivity contribution in [2.75, 3.05) is 20.3 Å². The van der Waals surface area contributed by atoms with Gasteiger partial charge in [-0.25, -0.2) is 14.4 Å². The van der Waals surface area contributed by atoms with Crippen LogP contribution in [0.2, 0.25) is 0 Å². The quantitative estimate of drug-likeness (QED) is 0.485. The molecule has 32 heavy (non-hydrogen) atoms. The molecule has 1 unspecified atom stereocenters. The Kier molecular flexibility index (Phi) is 10.4. The fourth-order valence-electron chi connectivity index (χ4n) is 2.63. The van der Waals surface area contributed by atoms with Crippen molar-refractivity contribution in [3.63, 3.8) is 0 Å². The first-order valence-corrected chi connectivity index (χ1v) is 10.2. The first-order valence-electron chi connectivity index (χ1n) is 10.2. The van der Waals surface area contributed by atoms with Crippen LogP contribution in [0.4, 0.5) is 14.4 Å². The molecule has 2 rings (SSSR count). The lowest BCUT2D eigenvalue weighted by atomic mass is 10.1. The van der Waals surface area contributed by atoms with Gasteiger partial charge in [-0.05, 0) is 16.7 Å². The maximum absolute atomic E-state index is 11.9.